The lowest BCUT2D eigenvalue weighted by atomic mass is 10.00. The maximum atomic E-state index is 4.09. The zero-order valence-electron chi connectivity index (χ0n) is 11.4. The Labute approximate surface area is 115 Å². The van der Waals surface area contributed by atoms with Crippen molar-refractivity contribution in [1.82, 2.24) is 0 Å². The predicted octanol–water partition coefficient (Wildman–Crippen LogP) is 4.28. The highest BCUT2D eigenvalue weighted by atomic mass is 15.1. The van der Waals surface area contributed by atoms with Crippen LogP contribution < -0.4 is 4.90 Å². The Kier molecular flexibility index (Phi) is 3.12. The zero-order valence-corrected chi connectivity index (χ0v) is 11.4. The van der Waals surface area contributed by atoms with Gasteiger partial charge in [0.25, 0.3) is 0 Å². The van der Waals surface area contributed by atoms with Gasteiger partial charge in [-0.2, -0.15) is 0 Å². The summed E-state index contributed by atoms with van der Waals surface area (Å²) < 4.78 is 0. The number of hydrogen-bond acceptors (Lipinski definition) is 1. The fraction of sp³-hybridized carbons (Fsp3) is 0.222. The molecule has 0 aliphatic carbocycles. The molecule has 0 atom stereocenters. The van der Waals surface area contributed by atoms with Gasteiger partial charge >= 0.3 is 0 Å². The van der Waals surface area contributed by atoms with Gasteiger partial charge in [0.05, 0.1) is 0 Å². The summed E-state index contributed by atoms with van der Waals surface area (Å²) in [7, 11) is 0. The van der Waals surface area contributed by atoms with Gasteiger partial charge in [-0.05, 0) is 36.1 Å². The molecule has 19 heavy (non-hydrogen) atoms. The Morgan fingerprint density at radius 2 is 1.89 bits per heavy atom. The number of fused-ring (bicyclic) bond motifs is 1. The Balaban J connectivity index is 1.91. The van der Waals surface area contributed by atoms with Crippen LogP contribution in [0.3, 0.4) is 0 Å². The van der Waals surface area contributed by atoms with Crippen LogP contribution in [0.4, 0.5) is 5.69 Å². The number of rotatable bonds is 3. The molecule has 0 amide bonds. The monoisotopic (exact) mass is 249 g/mol. The molecule has 0 fully saturated rings. The number of hydrogen-bond donors (Lipinski definition) is 0. The van der Waals surface area contributed by atoms with Crippen LogP contribution >= 0.6 is 0 Å². The third-order valence-electron chi connectivity index (χ3n) is 3.80. The summed E-state index contributed by atoms with van der Waals surface area (Å²) in [6.07, 6.45) is 1.13. The first-order valence-corrected chi connectivity index (χ1v) is 6.82. The quantitative estimate of drug-likeness (QED) is 0.784. The van der Waals surface area contributed by atoms with Crippen LogP contribution in [-0.2, 0) is 13.0 Å². The highest BCUT2D eigenvalue weighted by Gasteiger charge is 2.21. The highest BCUT2D eigenvalue weighted by molar-refractivity contribution is 5.73. The Morgan fingerprint density at radius 1 is 1.11 bits per heavy atom. The topological polar surface area (TPSA) is 3.24 Å². The van der Waals surface area contributed by atoms with Crippen molar-refractivity contribution in [3.05, 3.63) is 71.8 Å². The van der Waals surface area contributed by atoms with Crippen LogP contribution in [0.2, 0.25) is 0 Å². The molecule has 0 radical (unpaired) electrons. The van der Waals surface area contributed by atoms with Gasteiger partial charge in [-0.3, -0.25) is 0 Å². The van der Waals surface area contributed by atoms with Crippen molar-refractivity contribution in [3.8, 4) is 0 Å². The van der Waals surface area contributed by atoms with E-state index in [9.17, 15) is 0 Å². The van der Waals surface area contributed by atoms with E-state index in [0.717, 1.165) is 19.5 Å². The maximum Gasteiger partial charge on any atom is 0.0429 e. The summed E-state index contributed by atoms with van der Waals surface area (Å²) in [5.74, 6) is 0. The molecule has 3 rings (SSSR count). The standard InChI is InChI=1S/C18H19N/c1-14(2)16-9-6-10-18-17(16)11-12-19(18)13-15-7-4-3-5-8-15/h3-10H,1,11-13H2,2H3. The lowest BCUT2D eigenvalue weighted by Crippen LogP contribution is -2.19. The second kappa shape index (κ2) is 4.93. The molecule has 0 saturated heterocycles. The van der Waals surface area contributed by atoms with E-state index in [1.165, 1.54) is 28.0 Å². The lowest BCUT2D eigenvalue weighted by molar-refractivity contribution is 0.836. The van der Waals surface area contributed by atoms with Gasteiger partial charge < -0.3 is 4.90 Å². The SMILES string of the molecule is C=C(C)c1cccc2c1CCN2Cc1ccccc1. The third-order valence-corrected chi connectivity index (χ3v) is 3.80. The number of allylic oxidation sites excluding steroid dienone is 1. The molecule has 1 aliphatic heterocycles. The number of benzene rings is 2. The van der Waals surface area contributed by atoms with Crippen LogP contribution in [0.25, 0.3) is 5.57 Å². The molecule has 2 aromatic carbocycles. The molecular weight excluding hydrogens is 230 g/mol. The Morgan fingerprint density at radius 3 is 2.63 bits per heavy atom. The van der Waals surface area contributed by atoms with Gasteiger partial charge in [0.1, 0.15) is 0 Å². The molecule has 1 heteroatoms. The molecule has 1 aliphatic rings. The van der Waals surface area contributed by atoms with E-state index in [1.54, 1.807) is 0 Å². The molecule has 0 spiro atoms. The van der Waals surface area contributed by atoms with Crippen molar-refractivity contribution >= 4 is 11.3 Å². The molecule has 1 nitrogen and oxygen atoms in total. The van der Waals surface area contributed by atoms with E-state index in [0.29, 0.717) is 0 Å². The number of nitrogens with zero attached hydrogens (tertiary/aromatic N) is 1. The minimum absolute atomic E-state index is 0.994. The summed E-state index contributed by atoms with van der Waals surface area (Å²) >= 11 is 0. The highest BCUT2D eigenvalue weighted by Crippen LogP contribution is 2.34. The predicted molar refractivity (Wildman–Crippen MR) is 82.3 cm³/mol. The van der Waals surface area contributed by atoms with Gasteiger partial charge in [-0.25, -0.2) is 0 Å². The van der Waals surface area contributed by atoms with Gasteiger partial charge in [0, 0.05) is 18.8 Å². The molecule has 96 valence electrons. The van der Waals surface area contributed by atoms with Crippen molar-refractivity contribution < 1.29 is 0 Å². The molecular formula is C18H19N. The molecule has 1 heterocycles. The fourth-order valence-electron chi connectivity index (χ4n) is 2.87. The first-order valence-electron chi connectivity index (χ1n) is 6.82. The van der Waals surface area contributed by atoms with E-state index in [2.05, 4.69) is 66.9 Å². The molecule has 0 unspecified atom stereocenters. The minimum Gasteiger partial charge on any atom is -0.367 e. The van der Waals surface area contributed by atoms with E-state index in [4.69, 9.17) is 0 Å². The summed E-state index contributed by atoms with van der Waals surface area (Å²) in [4.78, 5) is 2.47. The minimum atomic E-state index is 0.994. The summed E-state index contributed by atoms with van der Waals surface area (Å²) in [5.41, 5.74) is 6.71. The van der Waals surface area contributed by atoms with Crippen molar-refractivity contribution in [1.29, 1.82) is 0 Å². The normalized spacial score (nSPS) is 13.4. The van der Waals surface area contributed by atoms with E-state index in [1.807, 2.05) is 0 Å². The van der Waals surface area contributed by atoms with E-state index in [-0.39, 0.29) is 0 Å². The summed E-state index contributed by atoms with van der Waals surface area (Å²) in [5, 5.41) is 0. The van der Waals surface area contributed by atoms with E-state index >= 15 is 0 Å². The molecule has 2 aromatic rings. The second-order valence-electron chi connectivity index (χ2n) is 5.24. The Bertz CT molecular complexity index is 598. The van der Waals surface area contributed by atoms with Crippen LogP contribution in [0.5, 0.6) is 0 Å². The first-order chi connectivity index (χ1) is 9.25. The van der Waals surface area contributed by atoms with Crippen LogP contribution in [0.1, 0.15) is 23.6 Å². The number of anilines is 1. The van der Waals surface area contributed by atoms with Crippen LogP contribution in [-0.4, -0.2) is 6.54 Å². The Hall–Kier alpha value is -2.02. The van der Waals surface area contributed by atoms with Crippen LogP contribution in [0, 0.1) is 0 Å². The van der Waals surface area contributed by atoms with E-state index < -0.39 is 0 Å². The van der Waals surface area contributed by atoms with Crippen molar-refractivity contribution in [3.63, 3.8) is 0 Å². The average molecular weight is 249 g/mol. The van der Waals surface area contributed by atoms with Gasteiger partial charge in [0.2, 0.25) is 0 Å². The van der Waals surface area contributed by atoms with Gasteiger partial charge in [0.15, 0.2) is 0 Å². The zero-order chi connectivity index (χ0) is 13.2. The van der Waals surface area contributed by atoms with Crippen molar-refractivity contribution in [2.24, 2.45) is 0 Å². The molecule has 0 aromatic heterocycles. The second-order valence-corrected chi connectivity index (χ2v) is 5.24. The lowest BCUT2D eigenvalue weighted by Gasteiger charge is -2.20. The molecule has 0 N–H and O–H groups in total. The molecule has 0 saturated carbocycles. The van der Waals surface area contributed by atoms with Crippen molar-refractivity contribution in [2.75, 3.05) is 11.4 Å². The summed E-state index contributed by atoms with van der Waals surface area (Å²) in [6.45, 7) is 8.29. The third kappa shape index (κ3) is 2.28. The van der Waals surface area contributed by atoms with Gasteiger partial charge in [-0.15, -0.1) is 0 Å². The van der Waals surface area contributed by atoms with Gasteiger partial charge in [-0.1, -0.05) is 54.6 Å². The average Bonchev–Trinajstić information content (AvgIpc) is 2.83. The smallest absolute Gasteiger partial charge is 0.0429 e. The summed E-state index contributed by atoms with van der Waals surface area (Å²) in [6, 6.07) is 17.2. The van der Waals surface area contributed by atoms with Crippen molar-refractivity contribution in [2.45, 2.75) is 19.9 Å². The van der Waals surface area contributed by atoms with Crippen LogP contribution in [0.15, 0.2) is 55.1 Å². The largest absolute Gasteiger partial charge is 0.367 e. The molecule has 0 bridgehead atoms. The fourth-order valence-corrected chi connectivity index (χ4v) is 2.87. The first kappa shape index (κ1) is 12.0. The maximum absolute atomic E-state index is 4.09.